The number of halogens is 1. The lowest BCUT2D eigenvalue weighted by atomic mass is 10.1. The lowest BCUT2D eigenvalue weighted by molar-refractivity contribution is 0.0695. The normalized spacial score (nSPS) is 11.3. The lowest BCUT2D eigenvalue weighted by Gasteiger charge is -2.09. The van der Waals surface area contributed by atoms with Gasteiger partial charge in [0.05, 0.1) is 16.7 Å². The van der Waals surface area contributed by atoms with E-state index in [4.69, 9.17) is 5.11 Å². The van der Waals surface area contributed by atoms with Gasteiger partial charge in [-0.1, -0.05) is 21.1 Å². The summed E-state index contributed by atoms with van der Waals surface area (Å²) < 4.78 is 31.4. The van der Waals surface area contributed by atoms with Crippen LogP contribution in [-0.4, -0.2) is 24.7 Å². The van der Waals surface area contributed by atoms with Crippen molar-refractivity contribution in [3.05, 3.63) is 40.2 Å². The molecule has 0 bridgehead atoms. The molecule has 0 spiro atoms. The molecule has 1 aromatic heterocycles. The Labute approximate surface area is 122 Å². The molecule has 0 aliphatic carbocycles. The predicted octanol–water partition coefficient (Wildman–Crippen LogP) is 2.24. The number of carboxylic acid groups (broad SMARTS) is 1. The highest BCUT2D eigenvalue weighted by Crippen LogP contribution is 2.26. The number of aromatic nitrogens is 1. The second kappa shape index (κ2) is 5.25. The van der Waals surface area contributed by atoms with Gasteiger partial charge in [-0.2, -0.15) is 0 Å². The summed E-state index contributed by atoms with van der Waals surface area (Å²) in [5.41, 5.74) is 0.505. The molecule has 2 aromatic rings. The van der Waals surface area contributed by atoms with Crippen molar-refractivity contribution >= 4 is 37.6 Å². The Morgan fingerprint density at radius 2 is 2.15 bits per heavy atom. The minimum Gasteiger partial charge on any atom is -0.478 e. The van der Waals surface area contributed by atoms with Gasteiger partial charge in [0.1, 0.15) is 12.0 Å². The molecule has 0 unspecified atom stereocenters. The molecule has 0 saturated carbocycles. The zero-order chi connectivity index (χ0) is 14.9. The zero-order valence-corrected chi connectivity index (χ0v) is 12.5. The van der Waals surface area contributed by atoms with Crippen LogP contribution < -0.4 is 4.72 Å². The average Bonchev–Trinajstić information content (AvgIpc) is 2.83. The first-order valence-corrected chi connectivity index (χ1v) is 7.54. The molecule has 0 aliphatic rings. The third kappa shape index (κ3) is 2.83. The van der Waals surface area contributed by atoms with Crippen molar-refractivity contribution in [2.45, 2.75) is 11.8 Å². The summed E-state index contributed by atoms with van der Waals surface area (Å²) in [6.45, 7) is 1.58. The van der Waals surface area contributed by atoms with Gasteiger partial charge in [-0.15, -0.1) is 0 Å². The Morgan fingerprint density at radius 3 is 2.70 bits per heavy atom. The highest BCUT2D eigenvalue weighted by molar-refractivity contribution is 9.10. The first-order valence-electron chi connectivity index (χ1n) is 5.27. The zero-order valence-electron chi connectivity index (χ0n) is 10.1. The van der Waals surface area contributed by atoms with E-state index < -0.39 is 16.0 Å². The number of benzene rings is 1. The van der Waals surface area contributed by atoms with Gasteiger partial charge in [-0.3, -0.25) is 4.72 Å². The van der Waals surface area contributed by atoms with Crippen LogP contribution in [0.2, 0.25) is 0 Å². The van der Waals surface area contributed by atoms with E-state index in [1.165, 1.54) is 12.3 Å². The van der Waals surface area contributed by atoms with Crippen molar-refractivity contribution in [3.63, 3.8) is 0 Å². The Balaban J connectivity index is 2.49. The van der Waals surface area contributed by atoms with Crippen LogP contribution in [0.4, 0.5) is 5.69 Å². The van der Waals surface area contributed by atoms with E-state index >= 15 is 0 Å². The van der Waals surface area contributed by atoms with Crippen LogP contribution in [0.3, 0.4) is 0 Å². The van der Waals surface area contributed by atoms with E-state index in [-0.39, 0.29) is 16.1 Å². The summed E-state index contributed by atoms with van der Waals surface area (Å²) in [6, 6.07) is 2.43. The maximum Gasteiger partial charge on any atom is 0.336 e. The molecule has 2 rings (SSSR count). The van der Waals surface area contributed by atoms with Crippen molar-refractivity contribution in [3.8, 4) is 0 Å². The van der Waals surface area contributed by atoms with Gasteiger partial charge in [0.15, 0.2) is 0 Å². The topological polar surface area (TPSA) is 110 Å². The Bertz CT molecular complexity index is 755. The summed E-state index contributed by atoms with van der Waals surface area (Å²) in [4.78, 5) is 10.9. The molecule has 1 aromatic carbocycles. The number of nitrogens with zero attached hydrogens (tertiary/aromatic N) is 1. The first kappa shape index (κ1) is 14.5. The number of hydrogen-bond donors (Lipinski definition) is 2. The largest absolute Gasteiger partial charge is 0.478 e. The number of carboxylic acids is 1. The molecule has 20 heavy (non-hydrogen) atoms. The predicted molar refractivity (Wildman–Crippen MR) is 73.1 cm³/mol. The third-order valence-corrected chi connectivity index (χ3v) is 4.73. The second-order valence-corrected chi connectivity index (χ2v) is 6.44. The maximum absolute atomic E-state index is 12.1. The van der Waals surface area contributed by atoms with E-state index in [1.54, 1.807) is 6.92 Å². The monoisotopic (exact) mass is 360 g/mol. The molecule has 0 amide bonds. The summed E-state index contributed by atoms with van der Waals surface area (Å²) in [5, 5.41) is 12.4. The molecule has 0 saturated heterocycles. The van der Waals surface area contributed by atoms with Gasteiger partial charge in [-0.05, 0) is 24.6 Å². The molecular formula is C11H9BrN2O5S. The van der Waals surface area contributed by atoms with Gasteiger partial charge >= 0.3 is 5.97 Å². The molecule has 106 valence electrons. The van der Waals surface area contributed by atoms with Crippen LogP contribution in [0.25, 0.3) is 0 Å². The Kier molecular flexibility index (Phi) is 3.82. The van der Waals surface area contributed by atoms with Crippen LogP contribution in [0.15, 0.2) is 38.5 Å². The molecule has 2 N–H and O–H groups in total. The summed E-state index contributed by atoms with van der Waals surface area (Å²) in [5.74, 6) is -1.20. The van der Waals surface area contributed by atoms with Gasteiger partial charge in [-0.25, -0.2) is 13.2 Å². The van der Waals surface area contributed by atoms with E-state index in [9.17, 15) is 13.2 Å². The highest BCUT2D eigenvalue weighted by atomic mass is 79.9. The smallest absolute Gasteiger partial charge is 0.336 e. The fraction of sp³-hybridized carbons (Fsp3) is 0.0909. The molecular weight excluding hydrogens is 352 g/mol. The Hall–Kier alpha value is -1.87. The van der Waals surface area contributed by atoms with Gasteiger partial charge < -0.3 is 9.63 Å². The van der Waals surface area contributed by atoms with E-state index in [2.05, 4.69) is 30.3 Å². The number of anilines is 1. The van der Waals surface area contributed by atoms with Crippen LogP contribution >= 0.6 is 15.9 Å². The molecule has 7 nitrogen and oxygen atoms in total. The van der Waals surface area contributed by atoms with Crippen LogP contribution in [0.1, 0.15) is 15.9 Å². The Morgan fingerprint density at radius 1 is 1.45 bits per heavy atom. The van der Waals surface area contributed by atoms with Crippen LogP contribution in [0.5, 0.6) is 0 Å². The van der Waals surface area contributed by atoms with E-state index in [0.717, 1.165) is 12.3 Å². The number of nitrogens with one attached hydrogen (secondary N) is 1. The third-order valence-electron chi connectivity index (χ3n) is 2.54. The van der Waals surface area contributed by atoms with Gasteiger partial charge in [0.2, 0.25) is 0 Å². The maximum atomic E-state index is 12.1. The molecule has 1 heterocycles. The molecule has 0 aliphatic heterocycles. The summed E-state index contributed by atoms with van der Waals surface area (Å²) >= 11 is 3.15. The van der Waals surface area contributed by atoms with Crippen molar-refractivity contribution in [1.82, 2.24) is 5.16 Å². The van der Waals surface area contributed by atoms with Crippen LogP contribution in [-0.2, 0) is 10.0 Å². The van der Waals surface area contributed by atoms with Crippen molar-refractivity contribution in [2.24, 2.45) is 0 Å². The SMILES string of the molecule is Cc1c(Br)cc(S(=O)(=O)Nc2cnoc2)cc1C(=O)O. The minimum atomic E-state index is -3.92. The molecule has 9 heteroatoms. The number of aromatic carboxylic acids is 1. The average molecular weight is 361 g/mol. The summed E-state index contributed by atoms with van der Waals surface area (Å²) in [7, 11) is -3.92. The van der Waals surface area contributed by atoms with Gasteiger partial charge in [0.25, 0.3) is 10.0 Å². The van der Waals surface area contributed by atoms with Gasteiger partial charge in [0, 0.05) is 4.47 Å². The second-order valence-electron chi connectivity index (χ2n) is 3.90. The molecule has 0 atom stereocenters. The van der Waals surface area contributed by atoms with E-state index in [0.29, 0.717) is 10.0 Å². The standard InChI is InChI=1S/C11H9BrN2O5S/c1-6-9(11(15)16)2-8(3-10(6)12)20(17,18)14-7-4-13-19-5-7/h2-5,14H,1H3,(H,15,16). The quantitative estimate of drug-likeness (QED) is 0.864. The number of rotatable bonds is 4. The number of carbonyl (C=O) groups is 1. The van der Waals surface area contributed by atoms with E-state index in [1.807, 2.05) is 0 Å². The van der Waals surface area contributed by atoms with Crippen molar-refractivity contribution in [2.75, 3.05) is 4.72 Å². The minimum absolute atomic E-state index is 0.0925. The molecule has 0 radical (unpaired) electrons. The van der Waals surface area contributed by atoms with Crippen LogP contribution in [0, 0.1) is 6.92 Å². The lowest BCUT2D eigenvalue weighted by Crippen LogP contribution is -2.14. The number of hydrogen-bond acceptors (Lipinski definition) is 5. The molecule has 0 fully saturated rings. The van der Waals surface area contributed by atoms with Crippen molar-refractivity contribution < 1.29 is 22.8 Å². The fourth-order valence-corrected chi connectivity index (χ4v) is 3.19. The highest BCUT2D eigenvalue weighted by Gasteiger charge is 2.20. The fourth-order valence-electron chi connectivity index (χ4n) is 1.50. The van der Waals surface area contributed by atoms with Crippen molar-refractivity contribution in [1.29, 1.82) is 0 Å². The summed E-state index contributed by atoms with van der Waals surface area (Å²) in [6.07, 6.45) is 2.32. The first-order chi connectivity index (χ1) is 9.31. The number of sulfonamides is 1.